The van der Waals surface area contributed by atoms with Crippen LogP contribution in [0.15, 0.2) is 46.8 Å². The van der Waals surface area contributed by atoms with Crippen molar-refractivity contribution in [3.63, 3.8) is 0 Å². The van der Waals surface area contributed by atoms with Gasteiger partial charge in [-0.05, 0) is 12.0 Å². The molecule has 0 saturated carbocycles. The van der Waals surface area contributed by atoms with Crippen molar-refractivity contribution in [3.8, 4) is 0 Å². The van der Waals surface area contributed by atoms with Crippen LogP contribution in [0, 0.1) is 5.92 Å². The highest BCUT2D eigenvalue weighted by Crippen LogP contribution is 2.21. The number of rotatable bonds is 4. The quantitative estimate of drug-likeness (QED) is 0.816. The van der Waals surface area contributed by atoms with E-state index >= 15 is 0 Å². The summed E-state index contributed by atoms with van der Waals surface area (Å²) in [4.78, 5) is 17.2. The first-order valence-corrected chi connectivity index (χ1v) is 5.95. The number of carbonyl (C=O) groups excluding carboxylic acids is 1. The highest BCUT2D eigenvalue weighted by Gasteiger charge is 2.20. The molecule has 1 aromatic rings. The predicted octanol–water partition coefficient (Wildman–Crippen LogP) is 1.54. The van der Waals surface area contributed by atoms with Crippen LogP contribution < -0.4 is 5.73 Å². The van der Waals surface area contributed by atoms with Gasteiger partial charge in [0.05, 0.1) is 11.6 Å². The first-order valence-electron chi connectivity index (χ1n) is 5.95. The summed E-state index contributed by atoms with van der Waals surface area (Å²) < 4.78 is 0. The first kappa shape index (κ1) is 12.4. The van der Waals surface area contributed by atoms with Gasteiger partial charge in [-0.3, -0.25) is 0 Å². The van der Waals surface area contributed by atoms with Gasteiger partial charge in [-0.2, -0.15) is 0 Å². The van der Waals surface area contributed by atoms with Crippen LogP contribution >= 0.6 is 0 Å². The van der Waals surface area contributed by atoms with Gasteiger partial charge in [0.15, 0.2) is 0 Å². The Morgan fingerprint density at radius 1 is 1.44 bits per heavy atom. The van der Waals surface area contributed by atoms with Crippen LogP contribution in [-0.4, -0.2) is 24.4 Å². The van der Waals surface area contributed by atoms with Gasteiger partial charge in [0.2, 0.25) is 0 Å². The Kier molecular flexibility index (Phi) is 3.77. The lowest BCUT2D eigenvalue weighted by molar-refractivity contribution is -0.110. The van der Waals surface area contributed by atoms with Gasteiger partial charge in [0.25, 0.3) is 0 Å². The molecule has 0 aromatic heterocycles. The fourth-order valence-corrected chi connectivity index (χ4v) is 2.00. The van der Waals surface area contributed by atoms with E-state index in [0.717, 1.165) is 12.8 Å². The second-order valence-electron chi connectivity index (χ2n) is 4.41. The van der Waals surface area contributed by atoms with E-state index in [1.807, 2.05) is 30.1 Å². The minimum atomic E-state index is -0.240. The fraction of sp³-hybridized carbons (Fsp3) is 0.286. The van der Waals surface area contributed by atoms with Crippen molar-refractivity contribution < 1.29 is 4.79 Å². The molecule has 1 aliphatic rings. The Morgan fingerprint density at radius 2 is 2.17 bits per heavy atom. The maximum Gasteiger partial charge on any atom is 0.147 e. The predicted molar refractivity (Wildman–Crippen MR) is 71.8 cm³/mol. The topological polar surface area (TPSA) is 58.7 Å². The molecule has 2 rings (SSSR count). The maximum absolute atomic E-state index is 10.9. The Hall–Kier alpha value is -2.10. The van der Waals surface area contributed by atoms with Gasteiger partial charge in [-0.1, -0.05) is 30.3 Å². The molecule has 1 aliphatic heterocycles. The van der Waals surface area contributed by atoms with Crippen molar-refractivity contribution in [3.05, 3.63) is 47.4 Å². The number of carbonyl (C=O) groups is 1. The summed E-state index contributed by atoms with van der Waals surface area (Å²) in [6.07, 6.45) is 3.24. The van der Waals surface area contributed by atoms with E-state index in [1.165, 1.54) is 5.56 Å². The van der Waals surface area contributed by atoms with Gasteiger partial charge < -0.3 is 15.4 Å². The average molecular weight is 243 g/mol. The zero-order valence-corrected chi connectivity index (χ0v) is 10.4. The zero-order valence-electron chi connectivity index (χ0n) is 10.4. The lowest BCUT2D eigenvalue weighted by atomic mass is 10.0. The number of hydrogen-bond donors (Lipinski definition) is 1. The molecule has 0 fully saturated rings. The van der Waals surface area contributed by atoms with Crippen molar-refractivity contribution in [2.45, 2.75) is 13.0 Å². The van der Waals surface area contributed by atoms with Crippen LogP contribution in [0.3, 0.4) is 0 Å². The van der Waals surface area contributed by atoms with E-state index in [-0.39, 0.29) is 5.92 Å². The summed E-state index contributed by atoms with van der Waals surface area (Å²) in [5.41, 5.74) is 7.73. The van der Waals surface area contributed by atoms with E-state index in [9.17, 15) is 4.79 Å². The van der Waals surface area contributed by atoms with E-state index in [4.69, 9.17) is 5.73 Å². The molecule has 94 valence electrons. The Bertz CT molecular complexity index is 479. The number of aldehydes is 1. The smallest absolute Gasteiger partial charge is 0.147 e. The number of aliphatic imine (C=N–C) groups is 1. The number of hydrogen-bond acceptors (Lipinski definition) is 4. The Balaban J connectivity index is 2.16. The molecule has 0 saturated heterocycles. The first-order chi connectivity index (χ1) is 8.72. The SMILES string of the molecule is CN(Cc1ccccc1)C1=C(N)C(C=O)CC=N1. The van der Waals surface area contributed by atoms with Crippen LogP contribution in [0.4, 0.5) is 0 Å². The number of nitrogens with zero attached hydrogens (tertiary/aromatic N) is 2. The second kappa shape index (κ2) is 5.49. The second-order valence-corrected chi connectivity index (χ2v) is 4.41. The summed E-state index contributed by atoms with van der Waals surface area (Å²) in [5.74, 6) is 0.456. The minimum Gasteiger partial charge on any atom is -0.398 e. The number of nitrogens with two attached hydrogens (primary N) is 1. The molecular weight excluding hydrogens is 226 g/mol. The third kappa shape index (κ3) is 2.59. The third-order valence-electron chi connectivity index (χ3n) is 3.02. The third-order valence-corrected chi connectivity index (χ3v) is 3.02. The molecule has 4 nitrogen and oxygen atoms in total. The lowest BCUT2D eigenvalue weighted by Crippen LogP contribution is -2.27. The summed E-state index contributed by atoms with van der Waals surface area (Å²) in [6.45, 7) is 0.722. The summed E-state index contributed by atoms with van der Waals surface area (Å²) in [5, 5.41) is 0. The minimum absolute atomic E-state index is 0.240. The molecule has 1 unspecified atom stereocenters. The van der Waals surface area contributed by atoms with Crippen LogP contribution in [0.2, 0.25) is 0 Å². The molecule has 0 radical (unpaired) electrons. The lowest BCUT2D eigenvalue weighted by Gasteiger charge is -2.25. The van der Waals surface area contributed by atoms with Gasteiger partial charge in [0.1, 0.15) is 12.1 Å². The number of benzene rings is 1. The van der Waals surface area contributed by atoms with Crippen molar-refractivity contribution >= 4 is 12.5 Å². The molecule has 1 aromatic carbocycles. The highest BCUT2D eigenvalue weighted by atomic mass is 16.1. The van der Waals surface area contributed by atoms with Crippen molar-refractivity contribution in [1.82, 2.24) is 4.90 Å². The van der Waals surface area contributed by atoms with Gasteiger partial charge in [0, 0.05) is 19.8 Å². The van der Waals surface area contributed by atoms with Gasteiger partial charge in [-0.25, -0.2) is 4.99 Å². The van der Waals surface area contributed by atoms with E-state index in [2.05, 4.69) is 17.1 Å². The average Bonchev–Trinajstić information content (AvgIpc) is 2.40. The molecule has 0 amide bonds. The summed E-state index contributed by atoms with van der Waals surface area (Å²) in [6, 6.07) is 10.1. The monoisotopic (exact) mass is 243 g/mol. The molecule has 1 atom stereocenters. The molecule has 1 heterocycles. The van der Waals surface area contributed by atoms with Crippen LogP contribution in [0.5, 0.6) is 0 Å². The summed E-state index contributed by atoms with van der Waals surface area (Å²) >= 11 is 0. The van der Waals surface area contributed by atoms with Crippen molar-refractivity contribution in [1.29, 1.82) is 0 Å². The molecule has 18 heavy (non-hydrogen) atoms. The molecule has 0 aliphatic carbocycles. The number of allylic oxidation sites excluding steroid dienone is 1. The van der Waals surface area contributed by atoms with Crippen LogP contribution in [0.25, 0.3) is 0 Å². The van der Waals surface area contributed by atoms with Crippen molar-refractivity contribution in [2.24, 2.45) is 16.6 Å². The van der Waals surface area contributed by atoms with E-state index in [0.29, 0.717) is 17.9 Å². The van der Waals surface area contributed by atoms with Gasteiger partial charge in [-0.15, -0.1) is 0 Å². The molecule has 0 bridgehead atoms. The fourth-order valence-electron chi connectivity index (χ4n) is 2.00. The molecule has 4 heteroatoms. The van der Waals surface area contributed by atoms with Gasteiger partial charge >= 0.3 is 0 Å². The highest BCUT2D eigenvalue weighted by molar-refractivity contribution is 5.71. The molecule has 2 N–H and O–H groups in total. The normalized spacial score (nSPS) is 18.8. The summed E-state index contributed by atoms with van der Waals surface area (Å²) in [7, 11) is 1.93. The molecule has 0 spiro atoms. The Morgan fingerprint density at radius 3 is 2.83 bits per heavy atom. The standard InChI is InChI=1S/C14H17N3O/c1-17(9-11-5-3-2-4-6-11)14-13(15)12(10-18)7-8-16-14/h2-6,8,10,12H,7,9,15H2,1H3. The van der Waals surface area contributed by atoms with Crippen LogP contribution in [0.1, 0.15) is 12.0 Å². The zero-order chi connectivity index (χ0) is 13.0. The van der Waals surface area contributed by atoms with E-state index in [1.54, 1.807) is 6.21 Å². The van der Waals surface area contributed by atoms with E-state index < -0.39 is 0 Å². The van der Waals surface area contributed by atoms with Crippen molar-refractivity contribution in [2.75, 3.05) is 7.05 Å². The Labute approximate surface area is 107 Å². The largest absolute Gasteiger partial charge is 0.398 e. The van der Waals surface area contributed by atoms with Crippen LogP contribution in [-0.2, 0) is 11.3 Å². The molecular formula is C14H17N3O. The maximum atomic E-state index is 10.9.